The van der Waals surface area contributed by atoms with Crippen LogP contribution in [-0.4, -0.2) is 17.8 Å². The van der Waals surface area contributed by atoms with Gasteiger partial charge in [0.2, 0.25) is 0 Å². The predicted molar refractivity (Wildman–Crippen MR) is 80.7 cm³/mol. The Hall–Kier alpha value is -1.41. The van der Waals surface area contributed by atoms with Gasteiger partial charge >= 0.3 is 0 Å². The molecule has 2 aromatic carbocycles. The average molecular weight is 269 g/mol. The van der Waals surface area contributed by atoms with Gasteiger partial charge in [-0.05, 0) is 42.0 Å². The Balaban J connectivity index is 1.67. The minimum Gasteiger partial charge on any atom is -0.311 e. The van der Waals surface area contributed by atoms with Gasteiger partial charge in [-0.1, -0.05) is 42.5 Å². The van der Waals surface area contributed by atoms with E-state index in [9.17, 15) is 0 Å². The second-order valence-corrected chi connectivity index (χ2v) is 6.51. The molecule has 2 bridgehead atoms. The minimum absolute atomic E-state index is 0.397. The summed E-state index contributed by atoms with van der Waals surface area (Å²) in [4.78, 5) is 0. The molecule has 2 aromatic rings. The van der Waals surface area contributed by atoms with Crippen molar-refractivity contribution in [2.45, 2.75) is 49.9 Å². The van der Waals surface area contributed by atoms with Crippen LogP contribution in [0, 0.1) is 0 Å². The number of hydrogen-bond acceptors (Lipinski definition) is 1. The van der Waals surface area contributed by atoms with Crippen LogP contribution in [0.1, 0.15) is 31.2 Å². The van der Waals surface area contributed by atoms with Crippen LogP contribution in [0.5, 0.6) is 0 Å². The number of piperidine rings is 1. The predicted octanol–water partition coefficient (Wildman–Crippen LogP) is 4.01. The van der Waals surface area contributed by atoms with Crippen LogP contribution in [0.25, 0.3) is 10.8 Å². The molecule has 2 atom stereocenters. The van der Waals surface area contributed by atoms with Crippen LogP contribution in [0.3, 0.4) is 0 Å². The van der Waals surface area contributed by atoms with E-state index in [4.69, 9.17) is 0 Å². The molecule has 1 N–H and O–H groups in total. The van der Waals surface area contributed by atoms with Crippen LogP contribution in [-0.2, 0) is 6.42 Å². The van der Waals surface area contributed by atoms with Crippen molar-refractivity contribution in [2.24, 2.45) is 0 Å². The lowest BCUT2D eigenvalue weighted by atomic mass is 9.83. The highest BCUT2D eigenvalue weighted by atomic mass is 19.1. The van der Waals surface area contributed by atoms with Crippen molar-refractivity contribution in [2.75, 3.05) is 0 Å². The summed E-state index contributed by atoms with van der Waals surface area (Å²) in [5.41, 5.74) is 0.133. The normalized spacial score (nSPS) is 32.6. The molecule has 0 aliphatic carbocycles. The molecule has 0 amide bonds. The fourth-order valence-corrected chi connectivity index (χ4v) is 4.12. The summed E-state index contributed by atoms with van der Waals surface area (Å²) in [5, 5.41) is 5.95. The Morgan fingerprint density at radius 2 is 1.70 bits per heavy atom. The smallest absolute Gasteiger partial charge is 0.118 e. The number of alkyl halides is 1. The fraction of sp³-hybridized carbons (Fsp3) is 0.444. The third kappa shape index (κ3) is 2.12. The van der Waals surface area contributed by atoms with E-state index in [2.05, 4.69) is 35.6 Å². The zero-order chi connectivity index (χ0) is 13.6. The number of hydrogen-bond donors (Lipinski definition) is 1. The molecule has 0 spiro atoms. The largest absolute Gasteiger partial charge is 0.311 e. The van der Waals surface area contributed by atoms with Gasteiger partial charge in [0, 0.05) is 18.5 Å². The maximum absolute atomic E-state index is 15.3. The van der Waals surface area contributed by atoms with Crippen molar-refractivity contribution in [3.8, 4) is 0 Å². The quantitative estimate of drug-likeness (QED) is 0.868. The molecule has 2 saturated heterocycles. The highest BCUT2D eigenvalue weighted by Gasteiger charge is 2.44. The van der Waals surface area contributed by atoms with Crippen molar-refractivity contribution in [3.05, 3.63) is 48.0 Å². The van der Waals surface area contributed by atoms with Gasteiger partial charge in [0.15, 0.2) is 0 Å². The third-order valence-corrected chi connectivity index (χ3v) is 4.95. The van der Waals surface area contributed by atoms with Gasteiger partial charge in [-0.2, -0.15) is 0 Å². The van der Waals surface area contributed by atoms with E-state index in [1.54, 1.807) is 0 Å². The summed E-state index contributed by atoms with van der Waals surface area (Å²) in [6, 6.07) is 15.4. The SMILES string of the molecule is FC1(Cc2cccc3ccccc23)CC2CCC(C1)N2. The number of nitrogens with one attached hydrogen (secondary N) is 1. The van der Waals surface area contributed by atoms with Gasteiger partial charge in [-0.25, -0.2) is 4.39 Å². The van der Waals surface area contributed by atoms with Gasteiger partial charge in [-0.3, -0.25) is 0 Å². The highest BCUT2D eigenvalue weighted by Crippen LogP contribution is 2.39. The number of benzene rings is 2. The highest BCUT2D eigenvalue weighted by molar-refractivity contribution is 5.85. The molecule has 2 aliphatic rings. The molecule has 20 heavy (non-hydrogen) atoms. The van der Waals surface area contributed by atoms with Crippen molar-refractivity contribution in [3.63, 3.8) is 0 Å². The summed E-state index contributed by atoms with van der Waals surface area (Å²) >= 11 is 0. The van der Waals surface area contributed by atoms with Crippen molar-refractivity contribution < 1.29 is 4.39 Å². The molecule has 2 aliphatic heterocycles. The van der Waals surface area contributed by atoms with E-state index in [-0.39, 0.29) is 0 Å². The van der Waals surface area contributed by atoms with E-state index in [1.165, 1.54) is 10.8 Å². The third-order valence-electron chi connectivity index (χ3n) is 4.95. The monoisotopic (exact) mass is 269 g/mol. The van der Waals surface area contributed by atoms with E-state index in [0.717, 1.165) is 18.4 Å². The lowest BCUT2D eigenvalue weighted by molar-refractivity contribution is 0.0897. The Bertz CT molecular complexity index is 619. The molecule has 2 fully saturated rings. The van der Waals surface area contributed by atoms with Gasteiger partial charge in [-0.15, -0.1) is 0 Å². The molecule has 2 heterocycles. The summed E-state index contributed by atoms with van der Waals surface area (Å²) in [6.07, 6.45) is 4.19. The summed E-state index contributed by atoms with van der Waals surface area (Å²) < 4.78 is 15.3. The van der Waals surface area contributed by atoms with Gasteiger partial charge in [0.05, 0.1) is 0 Å². The number of fused-ring (bicyclic) bond motifs is 3. The van der Waals surface area contributed by atoms with Crippen LogP contribution in [0.15, 0.2) is 42.5 Å². The molecular weight excluding hydrogens is 249 g/mol. The first-order chi connectivity index (χ1) is 9.72. The minimum atomic E-state index is -1.03. The first-order valence-corrected chi connectivity index (χ1v) is 7.63. The zero-order valence-corrected chi connectivity index (χ0v) is 11.6. The summed E-state index contributed by atoms with van der Waals surface area (Å²) in [5.74, 6) is 0. The van der Waals surface area contributed by atoms with E-state index in [1.807, 2.05) is 12.1 Å². The summed E-state index contributed by atoms with van der Waals surface area (Å²) in [7, 11) is 0. The second kappa shape index (κ2) is 4.56. The standard InChI is InChI=1S/C18H20FN/c19-18(11-15-8-9-16(12-18)20-15)10-14-6-3-5-13-4-1-2-7-17(13)14/h1-7,15-16,20H,8-12H2. The molecule has 2 unspecified atom stereocenters. The number of rotatable bonds is 2. The Kier molecular flexibility index (Phi) is 2.81. The molecular formula is C18H20FN. The maximum Gasteiger partial charge on any atom is 0.118 e. The number of halogens is 1. The van der Waals surface area contributed by atoms with Crippen LogP contribution >= 0.6 is 0 Å². The lowest BCUT2D eigenvalue weighted by Crippen LogP contribution is -2.47. The Labute approximate surface area is 119 Å². The lowest BCUT2D eigenvalue weighted by Gasteiger charge is -2.35. The van der Waals surface area contributed by atoms with E-state index >= 15 is 4.39 Å². The molecule has 0 radical (unpaired) electrons. The average Bonchev–Trinajstić information content (AvgIpc) is 2.79. The first kappa shape index (κ1) is 12.3. The van der Waals surface area contributed by atoms with Crippen LogP contribution < -0.4 is 5.32 Å². The molecule has 2 heteroatoms. The molecule has 0 saturated carbocycles. The van der Waals surface area contributed by atoms with Crippen molar-refractivity contribution in [1.82, 2.24) is 5.32 Å². The maximum atomic E-state index is 15.3. The van der Waals surface area contributed by atoms with E-state index in [0.29, 0.717) is 31.3 Å². The van der Waals surface area contributed by atoms with Gasteiger partial charge in [0.1, 0.15) is 5.67 Å². The van der Waals surface area contributed by atoms with Crippen LogP contribution in [0.4, 0.5) is 4.39 Å². The summed E-state index contributed by atoms with van der Waals surface area (Å²) in [6.45, 7) is 0. The van der Waals surface area contributed by atoms with Crippen molar-refractivity contribution in [1.29, 1.82) is 0 Å². The molecule has 104 valence electrons. The zero-order valence-electron chi connectivity index (χ0n) is 11.6. The van der Waals surface area contributed by atoms with Crippen molar-refractivity contribution >= 4 is 10.8 Å². The first-order valence-electron chi connectivity index (χ1n) is 7.63. The molecule has 1 nitrogen and oxygen atoms in total. The van der Waals surface area contributed by atoms with Gasteiger partial charge < -0.3 is 5.32 Å². The second-order valence-electron chi connectivity index (χ2n) is 6.51. The molecule has 4 rings (SSSR count). The van der Waals surface area contributed by atoms with Gasteiger partial charge in [0.25, 0.3) is 0 Å². The fourth-order valence-electron chi connectivity index (χ4n) is 4.12. The Morgan fingerprint density at radius 1 is 1.00 bits per heavy atom. The van der Waals surface area contributed by atoms with Crippen LogP contribution in [0.2, 0.25) is 0 Å². The Morgan fingerprint density at radius 3 is 2.50 bits per heavy atom. The topological polar surface area (TPSA) is 12.0 Å². The van der Waals surface area contributed by atoms with E-state index < -0.39 is 5.67 Å². The molecule has 0 aromatic heterocycles.